The van der Waals surface area contributed by atoms with E-state index in [4.69, 9.17) is 11.5 Å². The van der Waals surface area contributed by atoms with Crippen molar-refractivity contribution in [2.24, 2.45) is 16.5 Å². The largest absolute Gasteiger partial charge is 0.434 e. The Morgan fingerprint density at radius 2 is 2.07 bits per heavy atom. The fraction of sp³-hybridized carbons (Fsp3) is 0.278. The first-order valence-electron chi connectivity index (χ1n) is 9.04. The highest BCUT2D eigenvalue weighted by Gasteiger charge is 2.33. The van der Waals surface area contributed by atoms with Gasteiger partial charge in [0.05, 0.1) is 24.1 Å². The molecule has 9 nitrogen and oxygen atoms in total. The molecule has 1 fully saturated rings. The quantitative estimate of drug-likeness (QED) is 0.618. The number of hydrogen-bond donors (Lipinski definition) is 2. The number of rotatable bonds is 4. The van der Waals surface area contributed by atoms with Crippen molar-refractivity contribution in [3.8, 4) is 11.5 Å². The number of alkyl halides is 3. The first-order chi connectivity index (χ1) is 14.3. The Hall–Kier alpha value is -3.70. The molecule has 4 rings (SSSR count). The van der Waals surface area contributed by atoms with E-state index in [0.29, 0.717) is 23.8 Å². The second-order valence-electron chi connectivity index (χ2n) is 6.71. The van der Waals surface area contributed by atoms with Gasteiger partial charge in [0.1, 0.15) is 11.5 Å². The van der Waals surface area contributed by atoms with Gasteiger partial charge in [-0.3, -0.25) is 9.39 Å². The summed E-state index contributed by atoms with van der Waals surface area (Å²) in [5, 5.41) is 0. The first kappa shape index (κ1) is 19.6. The molecular weight excluding hydrogens is 399 g/mol. The van der Waals surface area contributed by atoms with Gasteiger partial charge in [0, 0.05) is 37.9 Å². The minimum Gasteiger partial charge on any atom is -0.403 e. The van der Waals surface area contributed by atoms with Crippen LogP contribution in [0.5, 0.6) is 0 Å². The third-order valence-electron chi connectivity index (χ3n) is 4.67. The lowest BCUT2D eigenvalue weighted by atomic mass is 10.3. The molecule has 156 valence electrons. The molecule has 0 aliphatic carbocycles. The summed E-state index contributed by atoms with van der Waals surface area (Å²) in [7, 11) is 0. The van der Waals surface area contributed by atoms with Crippen LogP contribution in [0.4, 0.5) is 19.0 Å². The Bertz CT molecular complexity index is 1120. The molecule has 30 heavy (non-hydrogen) atoms. The minimum absolute atomic E-state index is 0.0399. The topological polar surface area (TPSA) is 124 Å². The van der Waals surface area contributed by atoms with Crippen LogP contribution in [0.2, 0.25) is 0 Å². The molecule has 0 radical (unpaired) electrons. The number of nitrogens with two attached hydrogens (primary N) is 2. The zero-order valence-electron chi connectivity index (χ0n) is 15.7. The van der Waals surface area contributed by atoms with Crippen LogP contribution in [0, 0.1) is 0 Å². The third kappa shape index (κ3) is 3.88. The molecule has 3 aromatic rings. The van der Waals surface area contributed by atoms with Crippen LogP contribution < -0.4 is 16.4 Å². The molecule has 1 unspecified atom stereocenters. The highest BCUT2D eigenvalue weighted by molar-refractivity contribution is 5.77. The van der Waals surface area contributed by atoms with E-state index in [1.54, 1.807) is 12.3 Å². The van der Waals surface area contributed by atoms with Gasteiger partial charge in [0.2, 0.25) is 0 Å². The Labute approximate surface area is 169 Å². The Balaban J connectivity index is 1.61. The van der Waals surface area contributed by atoms with Crippen LogP contribution >= 0.6 is 0 Å². The summed E-state index contributed by atoms with van der Waals surface area (Å²) in [4.78, 5) is 22.7. The average Bonchev–Trinajstić information content (AvgIpc) is 3.38. The van der Waals surface area contributed by atoms with E-state index in [9.17, 15) is 13.2 Å². The van der Waals surface area contributed by atoms with Crippen LogP contribution in [0.25, 0.3) is 17.2 Å². The molecule has 0 bridgehead atoms. The van der Waals surface area contributed by atoms with Crippen LogP contribution in [0.1, 0.15) is 12.1 Å². The Kier molecular flexibility index (Phi) is 4.98. The van der Waals surface area contributed by atoms with Crippen molar-refractivity contribution in [2.45, 2.75) is 18.6 Å². The van der Waals surface area contributed by atoms with Crippen molar-refractivity contribution in [2.75, 3.05) is 18.0 Å². The number of halogens is 3. The van der Waals surface area contributed by atoms with Gasteiger partial charge in [-0.15, -0.1) is 0 Å². The van der Waals surface area contributed by atoms with Gasteiger partial charge >= 0.3 is 6.18 Å². The van der Waals surface area contributed by atoms with Crippen LogP contribution in [0.3, 0.4) is 0 Å². The summed E-state index contributed by atoms with van der Waals surface area (Å²) in [6.07, 6.45) is 4.01. The number of fused-ring (bicyclic) bond motifs is 1. The molecule has 0 saturated carbocycles. The maximum Gasteiger partial charge on any atom is 0.434 e. The summed E-state index contributed by atoms with van der Waals surface area (Å²) in [6.45, 7) is 1.35. The van der Waals surface area contributed by atoms with Crippen molar-refractivity contribution in [3.05, 3.63) is 48.4 Å². The second-order valence-corrected chi connectivity index (χ2v) is 6.71. The predicted molar refractivity (Wildman–Crippen MR) is 105 cm³/mol. The summed E-state index contributed by atoms with van der Waals surface area (Å²) in [5.74, 6) is 0.918. The normalized spacial score (nSPS) is 18.0. The van der Waals surface area contributed by atoms with Crippen molar-refractivity contribution < 1.29 is 13.2 Å². The predicted octanol–water partition coefficient (Wildman–Crippen LogP) is 1.61. The van der Waals surface area contributed by atoms with E-state index in [1.165, 1.54) is 23.0 Å². The second kappa shape index (κ2) is 7.61. The standard InChI is InChI=1S/C18H18F3N9/c19-18(20,21)14-10-30-13(7-27-16(30)8-26-14)17-24-3-1-15(28-17)29-4-2-12(9-29)25-6-11(23)5-22/h1,3,5-8,10,12H,2,4,9,22-23H2. The highest BCUT2D eigenvalue weighted by atomic mass is 19.4. The van der Waals surface area contributed by atoms with Gasteiger partial charge in [-0.1, -0.05) is 0 Å². The van der Waals surface area contributed by atoms with Crippen LogP contribution in [0.15, 0.2) is 47.7 Å². The summed E-state index contributed by atoms with van der Waals surface area (Å²) < 4.78 is 40.4. The van der Waals surface area contributed by atoms with Gasteiger partial charge in [0.25, 0.3) is 0 Å². The van der Waals surface area contributed by atoms with E-state index in [0.717, 1.165) is 25.4 Å². The van der Waals surface area contributed by atoms with E-state index in [1.807, 2.05) is 4.90 Å². The first-order valence-corrected chi connectivity index (χ1v) is 9.04. The van der Waals surface area contributed by atoms with Gasteiger partial charge in [0.15, 0.2) is 17.2 Å². The summed E-state index contributed by atoms with van der Waals surface area (Å²) in [6, 6.07) is 1.79. The number of imidazole rings is 1. The molecule has 0 aromatic carbocycles. The van der Waals surface area contributed by atoms with Gasteiger partial charge < -0.3 is 16.4 Å². The molecule has 12 heteroatoms. The van der Waals surface area contributed by atoms with Crippen molar-refractivity contribution >= 4 is 17.7 Å². The number of hydrogen-bond acceptors (Lipinski definition) is 8. The van der Waals surface area contributed by atoms with E-state index in [2.05, 4.69) is 24.9 Å². The number of aromatic nitrogens is 5. The number of nitrogens with zero attached hydrogens (tertiary/aromatic N) is 7. The van der Waals surface area contributed by atoms with E-state index >= 15 is 0 Å². The summed E-state index contributed by atoms with van der Waals surface area (Å²) in [5.41, 5.74) is 10.9. The number of aliphatic imine (C=N–C) groups is 1. The molecule has 4 heterocycles. The van der Waals surface area contributed by atoms with Crippen LogP contribution in [-0.4, -0.2) is 49.7 Å². The molecule has 0 amide bonds. The fourth-order valence-electron chi connectivity index (χ4n) is 3.16. The number of allylic oxidation sites excluding steroid dienone is 1. The molecule has 0 spiro atoms. The Morgan fingerprint density at radius 3 is 2.83 bits per heavy atom. The molecular formula is C18H18F3N9. The van der Waals surface area contributed by atoms with Gasteiger partial charge in [-0.2, -0.15) is 13.2 Å². The van der Waals surface area contributed by atoms with Crippen molar-refractivity contribution in [1.29, 1.82) is 0 Å². The van der Waals surface area contributed by atoms with Gasteiger partial charge in [-0.25, -0.2) is 19.9 Å². The van der Waals surface area contributed by atoms with Gasteiger partial charge in [-0.05, 0) is 12.5 Å². The maximum absolute atomic E-state index is 13.0. The molecule has 3 aromatic heterocycles. The minimum atomic E-state index is -4.56. The molecule has 1 aliphatic heterocycles. The van der Waals surface area contributed by atoms with E-state index < -0.39 is 11.9 Å². The zero-order chi connectivity index (χ0) is 21.3. The molecule has 1 aliphatic rings. The van der Waals surface area contributed by atoms with Crippen molar-refractivity contribution in [3.63, 3.8) is 0 Å². The maximum atomic E-state index is 13.0. The summed E-state index contributed by atoms with van der Waals surface area (Å²) >= 11 is 0. The van der Waals surface area contributed by atoms with Crippen molar-refractivity contribution in [1.82, 2.24) is 24.3 Å². The van der Waals surface area contributed by atoms with Crippen LogP contribution in [-0.2, 0) is 6.18 Å². The monoisotopic (exact) mass is 417 g/mol. The highest BCUT2D eigenvalue weighted by Crippen LogP contribution is 2.29. The molecule has 4 N–H and O–H groups in total. The smallest absolute Gasteiger partial charge is 0.403 e. The Morgan fingerprint density at radius 1 is 1.23 bits per heavy atom. The average molecular weight is 417 g/mol. The lowest BCUT2D eigenvalue weighted by molar-refractivity contribution is -0.141. The lowest BCUT2D eigenvalue weighted by Gasteiger charge is -2.17. The third-order valence-corrected chi connectivity index (χ3v) is 4.67. The molecule has 1 saturated heterocycles. The van der Waals surface area contributed by atoms with E-state index in [-0.39, 0.29) is 17.5 Å². The molecule has 1 atom stereocenters. The number of anilines is 1. The fourth-order valence-corrected chi connectivity index (χ4v) is 3.16. The zero-order valence-corrected chi connectivity index (χ0v) is 15.7. The lowest BCUT2D eigenvalue weighted by Crippen LogP contribution is -2.22. The SMILES string of the molecule is NC=C(N)C=NC1CCN(c2ccnc(-c3cnc4cnc(C(F)(F)F)cn34)n2)C1.